The van der Waals surface area contributed by atoms with Crippen LogP contribution in [0.1, 0.15) is 0 Å². The van der Waals surface area contributed by atoms with E-state index < -0.39 is 0 Å². The van der Waals surface area contributed by atoms with Gasteiger partial charge < -0.3 is 9.97 Å². The van der Waals surface area contributed by atoms with Crippen LogP contribution in [0.25, 0.3) is 11.4 Å². The average molecular weight is 176 g/mol. The zero-order valence-electron chi connectivity index (χ0n) is 6.37. The van der Waals surface area contributed by atoms with Gasteiger partial charge in [0.15, 0.2) is 0 Å². The van der Waals surface area contributed by atoms with Gasteiger partial charge in [-0.25, -0.2) is 0 Å². The van der Waals surface area contributed by atoms with Gasteiger partial charge in [-0.05, 0) is 24.3 Å². The Morgan fingerprint density at radius 3 is 2.50 bits per heavy atom. The Labute approximate surface area is 75.3 Å². The molecule has 3 heteroatoms. The van der Waals surface area contributed by atoms with Crippen molar-refractivity contribution >= 4 is 12.2 Å². The molecule has 2 aromatic heterocycles. The molecule has 0 bridgehead atoms. The SMILES string of the molecule is S=c1cc[nH]c(-c2ccc[nH]2)c1. The highest BCUT2D eigenvalue weighted by atomic mass is 32.1. The first kappa shape index (κ1) is 7.31. The number of rotatable bonds is 1. The molecule has 2 heterocycles. The monoisotopic (exact) mass is 176 g/mol. The average Bonchev–Trinajstić information content (AvgIpc) is 2.56. The summed E-state index contributed by atoms with van der Waals surface area (Å²) in [6, 6.07) is 7.75. The summed E-state index contributed by atoms with van der Waals surface area (Å²) < 4.78 is 0.846. The van der Waals surface area contributed by atoms with E-state index >= 15 is 0 Å². The van der Waals surface area contributed by atoms with Crippen molar-refractivity contribution in [2.45, 2.75) is 0 Å². The van der Waals surface area contributed by atoms with Crippen molar-refractivity contribution < 1.29 is 0 Å². The van der Waals surface area contributed by atoms with E-state index in [1.165, 1.54) is 0 Å². The van der Waals surface area contributed by atoms with E-state index in [0.717, 1.165) is 15.9 Å². The van der Waals surface area contributed by atoms with Gasteiger partial charge >= 0.3 is 0 Å². The van der Waals surface area contributed by atoms with Crippen LogP contribution in [0.3, 0.4) is 0 Å². The fraction of sp³-hybridized carbons (Fsp3) is 0. The molecule has 12 heavy (non-hydrogen) atoms. The first-order valence-corrected chi connectivity index (χ1v) is 4.09. The van der Waals surface area contributed by atoms with Crippen LogP contribution in [0.2, 0.25) is 0 Å². The third kappa shape index (κ3) is 1.31. The maximum atomic E-state index is 5.04. The quantitative estimate of drug-likeness (QED) is 0.643. The number of H-pyrrole nitrogens is 2. The molecule has 2 rings (SSSR count). The Bertz CT molecular complexity index is 414. The molecule has 0 atom stereocenters. The van der Waals surface area contributed by atoms with Gasteiger partial charge in [0.05, 0.1) is 11.4 Å². The zero-order valence-corrected chi connectivity index (χ0v) is 7.19. The molecule has 2 aromatic rings. The van der Waals surface area contributed by atoms with Crippen LogP contribution in [0.15, 0.2) is 36.7 Å². The molecular formula is C9H8N2S. The van der Waals surface area contributed by atoms with E-state index in [-0.39, 0.29) is 0 Å². The Balaban J connectivity index is 2.55. The summed E-state index contributed by atoms with van der Waals surface area (Å²) in [4.78, 5) is 6.22. The molecule has 0 aromatic carbocycles. The van der Waals surface area contributed by atoms with Crippen molar-refractivity contribution in [3.8, 4) is 11.4 Å². The molecule has 60 valence electrons. The van der Waals surface area contributed by atoms with Crippen LogP contribution in [0.5, 0.6) is 0 Å². The van der Waals surface area contributed by atoms with Crippen LogP contribution in [-0.2, 0) is 0 Å². The van der Waals surface area contributed by atoms with Crippen molar-refractivity contribution in [3.63, 3.8) is 0 Å². The number of aromatic nitrogens is 2. The predicted molar refractivity (Wildman–Crippen MR) is 51.4 cm³/mol. The normalized spacial score (nSPS) is 10.0. The minimum Gasteiger partial charge on any atom is -0.360 e. The fourth-order valence-electron chi connectivity index (χ4n) is 1.10. The van der Waals surface area contributed by atoms with Gasteiger partial charge in [-0.3, -0.25) is 0 Å². The molecule has 0 fully saturated rings. The minimum atomic E-state index is 0.846. The molecular weight excluding hydrogens is 168 g/mol. The smallest absolute Gasteiger partial charge is 0.0633 e. The van der Waals surface area contributed by atoms with Gasteiger partial charge in [-0.2, -0.15) is 0 Å². The maximum Gasteiger partial charge on any atom is 0.0633 e. The lowest BCUT2D eigenvalue weighted by atomic mass is 10.3. The van der Waals surface area contributed by atoms with E-state index in [4.69, 9.17) is 12.2 Å². The first-order chi connectivity index (χ1) is 5.86. The molecule has 0 spiro atoms. The Morgan fingerprint density at radius 2 is 1.83 bits per heavy atom. The summed E-state index contributed by atoms with van der Waals surface area (Å²) in [5.74, 6) is 0. The lowest BCUT2D eigenvalue weighted by Gasteiger charge is -1.96. The molecule has 0 amide bonds. The number of aromatic amines is 2. The highest BCUT2D eigenvalue weighted by Crippen LogP contribution is 2.12. The van der Waals surface area contributed by atoms with Crippen molar-refractivity contribution in [3.05, 3.63) is 41.2 Å². The summed E-state index contributed by atoms with van der Waals surface area (Å²) in [6.45, 7) is 0. The van der Waals surface area contributed by atoms with Gasteiger partial charge in [0, 0.05) is 16.9 Å². The van der Waals surface area contributed by atoms with E-state index in [1.807, 2.05) is 36.7 Å². The molecule has 0 aliphatic rings. The summed E-state index contributed by atoms with van der Waals surface area (Å²) in [7, 11) is 0. The van der Waals surface area contributed by atoms with Crippen LogP contribution < -0.4 is 0 Å². The van der Waals surface area contributed by atoms with Gasteiger partial charge in [0.25, 0.3) is 0 Å². The highest BCUT2D eigenvalue weighted by molar-refractivity contribution is 7.71. The van der Waals surface area contributed by atoms with E-state index in [0.29, 0.717) is 0 Å². The van der Waals surface area contributed by atoms with Crippen LogP contribution >= 0.6 is 12.2 Å². The van der Waals surface area contributed by atoms with Crippen molar-refractivity contribution in [2.75, 3.05) is 0 Å². The molecule has 2 nitrogen and oxygen atoms in total. The molecule has 2 N–H and O–H groups in total. The van der Waals surface area contributed by atoms with Crippen molar-refractivity contribution in [1.82, 2.24) is 9.97 Å². The highest BCUT2D eigenvalue weighted by Gasteiger charge is 1.95. The van der Waals surface area contributed by atoms with E-state index in [2.05, 4.69) is 9.97 Å². The van der Waals surface area contributed by atoms with Gasteiger partial charge in [-0.1, -0.05) is 12.2 Å². The maximum absolute atomic E-state index is 5.04. The Morgan fingerprint density at radius 1 is 1.00 bits per heavy atom. The molecule has 0 saturated heterocycles. The van der Waals surface area contributed by atoms with Crippen LogP contribution in [-0.4, -0.2) is 9.97 Å². The third-order valence-corrected chi connectivity index (χ3v) is 1.92. The topological polar surface area (TPSA) is 31.6 Å². The number of nitrogens with one attached hydrogen (secondary N) is 2. The predicted octanol–water partition coefficient (Wildman–Crippen LogP) is 2.74. The largest absolute Gasteiger partial charge is 0.360 e. The second kappa shape index (κ2) is 2.95. The summed E-state index contributed by atoms with van der Waals surface area (Å²) in [6.07, 6.45) is 3.73. The van der Waals surface area contributed by atoms with E-state index in [9.17, 15) is 0 Å². The number of pyridine rings is 1. The molecule has 0 aliphatic carbocycles. The second-order valence-corrected chi connectivity index (χ2v) is 2.99. The standard InChI is InChI=1S/C9H8N2S/c12-7-3-5-11-9(6-7)8-2-1-4-10-8/h1-6,10H,(H,11,12). The number of hydrogen-bond acceptors (Lipinski definition) is 1. The van der Waals surface area contributed by atoms with Crippen LogP contribution in [0.4, 0.5) is 0 Å². The first-order valence-electron chi connectivity index (χ1n) is 3.69. The van der Waals surface area contributed by atoms with Gasteiger partial charge in [0.2, 0.25) is 0 Å². The minimum absolute atomic E-state index is 0.846. The summed E-state index contributed by atoms with van der Waals surface area (Å²) in [5.41, 5.74) is 2.08. The lowest BCUT2D eigenvalue weighted by molar-refractivity contribution is 1.28. The number of hydrogen-bond donors (Lipinski definition) is 2. The molecule has 0 saturated carbocycles. The second-order valence-electron chi connectivity index (χ2n) is 2.52. The van der Waals surface area contributed by atoms with Gasteiger partial charge in [0.1, 0.15) is 0 Å². The summed E-state index contributed by atoms with van der Waals surface area (Å²) >= 11 is 5.04. The summed E-state index contributed by atoms with van der Waals surface area (Å²) in [5, 5.41) is 0. The molecule has 0 radical (unpaired) electrons. The van der Waals surface area contributed by atoms with Crippen molar-refractivity contribution in [2.24, 2.45) is 0 Å². The lowest BCUT2D eigenvalue weighted by Crippen LogP contribution is -1.80. The third-order valence-electron chi connectivity index (χ3n) is 1.66. The fourth-order valence-corrected chi connectivity index (χ4v) is 1.28. The zero-order chi connectivity index (χ0) is 8.39. The van der Waals surface area contributed by atoms with Crippen molar-refractivity contribution in [1.29, 1.82) is 0 Å². The Kier molecular flexibility index (Phi) is 1.80. The molecule has 0 aliphatic heterocycles. The van der Waals surface area contributed by atoms with E-state index in [1.54, 1.807) is 0 Å². The van der Waals surface area contributed by atoms with Crippen LogP contribution in [0, 0.1) is 4.51 Å². The molecule has 0 unspecified atom stereocenters. The van der Waals surface area contributed by atoms with Gasteiger partial charge in [-0.15, -0.1) is 0 Å². The Hall–Kier alpha value is -1.35.